The summed E-state index contributed by atoms with van der Waals surface area (Å²) < 4.78 is 0. The fraction of sp³-hybridized carbons (Fsp3) is 0.300. The molecule has 1 atom stereocenters. The van der Waals surface area contributed by atoms with Crippen molar-refractivity contribution < 1.29 is 9.90 Å². The normalized spacial score (nSPS) is 20.2. The number of halogens is 1. The number of aliphatic carboxylic acids is 1. The second kappa shape index (κ2) is 3.83. The molecular weight excluding hydrogens is 220 g/mol. The molecule has 0 saturated carbocycles. The fourth-order valence-electron chi connectivity index (χ4n) is 1.53. The zero-order valence-corrected chi connectivity index (χ0v) is 8.94. The minimum atomic E-state index is -0.726. The van der Waals surface area contributed by atoms with Gasteiger partial charge in [0.05, 0.1) is 0 Å². The molecule has 2 rings (SSSR count). The van der Waals surface area contributed by atoms with E-state index < -0.39 is 5.97 Å². The van der Waals surface area contributed by atoms with E-state index in [-0.39, 0.29) is 5.25 Å². The maximum absolute atomic E-state index is 10.8. The lowest BCUT2D eigenvalue weighted by Gasteiger charge is -2.20. The third-order valence-corrected chi connectivity index (χ3v) is 3.85. The van der Waals surface area contributed by atoms with Gasteiger partial charge in [0.25, 0.3) is 0 Å². The predicted molar refractivity (Wildman–Crippen MR) is 57.1 cm³/mol. The number of carboxylic acid groups (broad SMARTS) is 1. The summed E-state index contributed by atoms with van der Waals surface area (Å²) in [6.45, 7) is 0. The minimum absolute atomic E-state index is 0.302. The Balaban J connectivity index is 2.27. The monoisotopic (exact) mass is 228 g/mol. The molecule has 1 aliphatic rings. The number of fused-ring (bicyclic) bond motifs is 1. The highest BCUT2D eigenvalue weighted by molar-refractivity contribution is 8.00. The summed E-state index contributed by atoms with van der Waals surface area (Å²) in [7, 11) is 0. The van der Waals surface area contributed by atoms with Crippen LogP contribution in [0, 0.1) is 0 Å². The Hall–Kier alpha value is -0.670. The van der Waals surface area contributed by atoms with Crippen LogP contribution < -0.4 is 0 Å². The molecule has 1 N–H and O–H groups in total. The molecular formula is C10H9ClO2S. The molecule has 74 valence electrons. The number of carboxylic acids is 1. The average molecular weight is 229 g/mol. The second-order valence-corrected chi connectivity index (χ2v) is 4.92. The van der Waals surface area contributed by atoms with Crippen molar-refractivity contribution in [2.24, 2.45) is 0 Å². The third kappa shape index (κ3) is 1.88. The van der Waals surface area contributed by atoms with Gasteiger partial charge >= 0.3 is 5.97 Å². The first-order chi connectivity index (χ1) is 6.66. The molecule has 0 amide bonds. The first-order valence-electron chi connectivity index (χ1n) is 4.35. The Bertz CT molecular complexity index is 378. The van der Waals surface area contributed by atoms with Crippen molar-refractivity contribution in [3.63, 3.8) is 0 Å². The summed E-state index contributed by atoms with van der Waals surface area (Å²) in [6.07, 6.45) is 1.49. The van der Waals surface area contributed by atoms with Crippen molar-refractivity contribution in [1.82, 2.24) is 0 Å². The quantitative estimate of drug-likeness (QED) is 0.803. The number of thioether (sulfide) groups is 1. The number of hydrogen-bond acceptors (Lipinski definition) is 2. The van der Waals surface area contributed by atoms with Crippen molar-refractivity contribution in [1.29, 1.82) is 0 Å². The van der Waals surface area contributed by atoms with E-state index in [1.54, 1.807) is 6.07 Å². The first kappa shape index (κ1) is 9.87. The summed E-state index contributed by atoms with van der Waals surface area (Å²) in [5, 5.41) is 9.29. The lowest BCUT2D eigenvalue weighted by molar-refractivity contribution is -0.136. The summed E-state index contributed by atoms with van der Waals surface area (Å²) in [5.41, 5.74) is 1.17. The highest BCUT2D eigenvalue weighted by Crippen LogP contribution is 2.36. The molecule has 1 unspecified atom stereocenters. The molecule has 0 aliphatic carbocycles. The topological polar surface area (TPSA) is 37.3 Å². The molecule has 4 heteroatoms. The number of rotatable bonds is 1. The number of benzene rings is 1. The van der Waals surface area contributed by atoms with E-state index in [0.29, 0.717) is 6.42 Å². The van der Waals surface area contributed by atoms with Crippen LogP contribution >= 0.6 is 23.4 Å². The third-order valence-electron chi connectivity index (χ3n) is 2.24. The molecule has 0 spiro atoms. The van der Waals surface area contributed by atoms with E-state index in [1.165, 1.54) is 17.3 Å². The number of aryl methyl sites for hydroxylation is 1. The highest BCUT2D eigenvalue weighted by Gasteiger charge is 2.24. The van der Waals surface area contributed by atoms with Crippen molar-refractivity contribution in [2.75, 3.05) is 0 Å². The zero-order valence-electron chi connectivity index (χ0n) is 7.37. The first-order valence-corrected chi connectivity index (χ1v) is 5.60. The van der Waals surface area contributed by atoms with Gasteiger partial charge in [0, 0.05) is 9.92 Å². The fourth-order valence-corrected chi connectivity index (χ4v) is 2.83. The van der Waals surface area contributed by atoms with Crippen LogP contribution in [-0.2, 0) is 11.2 Å². The van der Waals surface area contributed by atoms with Crippen LogP contribution in [0.3, 0.4) is 0 Å². The van der Waals surface area contributed by atoms with Gasteiger partial charge in [-0.1, -0.05) is 11.6 Å². The molecule has 14 heavy (non-hydrogen) atoms. The van der Waals surface area contributed by atoms with Crippen molar-refractivity contribution in [3.05, 3.63) is 28.8 Å². The van der Waals surface area contributed by atoms with Gasteiger partial charge in [0.1, 0.15) is 5.25 Å². The van der Waals surface area contributed by atoms with Gasteiger partial charge in [-0.15, -0.1) is 11.8 Å². The SMILES string of the molecule is O=C(O)C1CCc2cc(Cl)ccc2S1. The van der Waals surface area contributed by atoms with Gasteiger partial charge in [-0.3, -0.25) is 4.79 Å². The summed E-state index contributed by atoms with van der Waals surface area (Å²) in [6, 6.07) is 5.62. The van der Waals surface area contributed by atoms with Crippen LogP contribution in [0.4, 0.5) is 0 Å². The van der Waals surface area contributed by atoms with Crippen molar-refractivity contribution >= 4 is 29.3 Å². The zero-order chi connectivity index (χ0) is 10.1. The van der Waals surface area contributed by atoms with Gasteiger partial charge < -0.3 is 5.11 Å². The van der Waals surface area contributed by atoms with Crippen LogP contribution in [0.5, 0.6) is 0 Å². The molecule has 0 aromatic heterocycles. The number of hydrogen-bond donors (Lipinski definition) is 1. The maximum atomic E-state index is 10.8. The Kier molecular flexibility index (Phi) is 2.70. The Morgan fingerprint density at radius 2 is 2.36 bits per heavy atom. The van der Waals surface area contributed by atoms with Crippen LogP contribution in [0.1, 0.15) is 12.0 Å². The maximum Gasteiger partial charge on any atom is 0.316 e. The van der Waals surface area contributed by atoms with Gasteiger partial charge in [-0.2, -0.15) is 0 Å². The molecule has 0 fully saturated rings. The Morgan fingerprint density at radius 3 is 3.07 bits per heavy atom. The highest BCUT2D eigenvalue weighted by atomic mass is 35.5. The van der Waals surface area contributed by atoms with E-state index in [9.17, 15) is 4.79 Å². The molecule has 1 aromatic carbocycles. The van der Waals surface area contributed by atoms with E-state index in [4.69, 9.17) is 16.7 Å². The Labute approximate surface area is 91.3 Å². The lowest BCUT2D eigenvalue weighted by Crippen LogP contribution is -2.20. The summed E-state index contributed by atoms with van der Waals surface area (Å²) in [4.78, 5) is 11.8. The van der Waals surface area contributed by atoms with Crippen molar-refractivity contribution in [2.45, 2.75) is 23.0 Å². The molecule has 0 bridgehead atoms. The molecule has 1 aromatic rings. The standard InChI is InChI=1S/C10H9ClO2S/c11-7-2-4-8-6(5-7)1-3-9(14-8)10(12)13/h2,4-5,9H,1,3H2,(H,12,13). The van der Waals surface area contributed by atoms with Crippen LogP contribution in [0.2, 0.25) is 5.02 Å². The van der Waals surface area contributed by atoms with E-state index in [0.717, 1.165) is 16.3 Å². The Morgan fingerprint density at radius 1 is 1.57 bits per heavy atom. The predicted octanol–water partition coefficient (Wildman–Crippen LogP) is 2.83. The minimum Gasteiger partial charge on any atom is -0.480 e. The van der Waals surface area contributed by atoms with Gasteiger partial charge in [0.2, 0.25) is 0 Å². The molecule has 1 aliphatic heterocycles. The van der Waals surface area contributed by atoms with Gasteiger partial charge in [-0.05, 0) is 36.6 Å². The van der Waals surface area contributed by atoms with Crippen LogP contribution in [0.15, 0.2) is 23.1 Å². The molecule has 0 radical (unpaired) electrons. The van der Waals surface area contributed by atoms with Crippen LogP contribution in [-0.4, -0.2) is 16.3 Å². The second-order valence-electron chi connectivity index (χ2n) is 3.24. The van der Waals surface area contributed by atoms with E-state index in [1.807, 2.05) is 12.1 Å². The summed E-state index contributed by atoms with van der Waals surface area (Å²) >= 11 is 7.27. The van der Waals surface area contributed by atoms with Crippen LogP contribution in [0.25, 0.3) is 0 Å². The summed E-state index contributed by atoms with van der Waals surface area (Å²) in [5.74, 6) is -0.726. The van der Waals surface area contributed by atoms with E-state index >= 15 is 0 Å². The van der Waals surface area contributed by atoms with E-state index in [2.05, 4.69) is 0 Å². The average Bonchev–Trinajstić information content (AvgIpc) is 2.16. The van der Waals surface area contributed by atoms with Gasteiger partial charge in [-0.25, -0.2) is 0 Å². The molecule has 0 saturated heterocycles. The molecule has 1 heterocycles. The van der Waals surface area contributed by atoms with Crippen molar-refractivity contribution in [3.8, 4) is 0 Å². The smallest absolute Gasteiger partial charge is 0.316 e. The van der Waals surface area contributed by atoms with Gasteiger partial charge in [0.15, 0.2) is 0 Å². The number of carbonyl (C=O) groups is 1. The lowest BCUT2D eigenvalue weighted by atomic mass is 10.1. The molecule has 2 nitrogen and oxygen atoms in total. The largest absolute Gasteiger partial charge is 0.480 e.